The fourth-order valence-electron chi connectivity index (χ4n) is 5.55. The topological polar surface area (TPSA) is 59.9 Å². The molecule has 0 aromatic heterocycles. The summed E-state index contributed by atoms with van der Waals surface area (Å²) in [6.07, 6.45) is 10.2. The standard InChI is InChI=1S/C24H38N4O.HI/c1-2-25-23(26-18-24(29)13-7-4-8-14-24)27-20-15-21-11-12-22(16-20)28(21)17-19-9-5-3-6-10-19;/h3,5-6,9-10,20-22,29H,2,4,7-8,11-18H2,1H3,(H2,25,26,27);1H. The van der Waals surface area contributed by atoms with Crippen LogP contribution in [0.2, 0.25) is 0 Å². The quantitative estimate of drug-likeness (QED) is 0.298. The first-order valence-corrected chi connectivity index (χ1v) is 11.7. The molecule has 1 saturated carbocycles. The minimum atomic E-state index is -0.599. The predicted octanol–water partition coefficient (Wildman–Crippen LogP) is 4.05. The first kappa shape index (κ1) is 23.8. The van der Waals surface area contributed by atoms with Crippen LogP contribution in [-0.2, 0) is 6.54 Å². The lowest BCUT2D eigenvalue weighted by atomic mass is 9.85. The van der Waals surface area contributed by atoms with E-state index >= 15 is 0 Å². The molecular formula is C24H39IN4O. The van der Waals surface area contributed by atoms with E-state index in [4.69, 9.17) is 4.99 Å². The van der Waals surface area contributed by atoms with E-state index in [0.29, 0.717) is 24.7 Å². The third kappa shape index (κ3) is 6.10. The van der Waals surface area contributed by atoms with Crippen LogP contribution in [-0.4, -0.2) is 52.8 Å². The first-order chi connectivity index (χ1) is 14.1. The summed E-state index contributed by atoms with van der Waals surface area (Å²) < 4.78 is 0. The van der Waals surface area contributed by atoms with Crippen molar-refractivity contribution in [1.82, 2.24) is 15.5 Å². The van der Waals surface area contributed by atoms with Gasteiger partial charge in [-0.1, -0.05) is 49.6 Å². The minimum absolute atomic E-state index is 0. The van der Waals surface area contributed by atoms with Gasteiger partial charge in [0.15, 0.2) is 5.96 Å². The highest BCUT2D eigenvalue weighted by Gasteiger charge is 2.40. The van der Waals surface area contributed by atoms with Crippen molar-refractivity contribution in [1.29, 1.82) is 0 Å². The van der Waals surface area contributed by atoms with Gasteiger partial charge in [0.1, 0.15) is 0 Å². The van der Waals surface area contributed by atoms with Crippen LogP contribution >= 0.6 is 24.0 Å². The number of hydrogen-bond acceptors (Lipinski definition) is 3. The molecule has 5 nitrogen and oxygen atoms in total. The van der Waals surface area contributed by atoms with Gasteiger partial charge in [-0.3, -0.25) is 9.89 Å². The molecule has 3 aliphatic rings. The maximum Gasteiger partial charge on any atom is 0.191 e. The van der Waals surface area contributed by atoms with Crippen LogP contribution in [0.15, 0.2) is 35.3 Å². The van der Waals surface area contributed by atoms with Crippen molar-refractivity contribution in [2.24, 2.45) is 4.99 Å². The van der Waals surface area contributed by atoms with Gasteiger partial charge in [-0.25, -0.2) is 0 Å². The van der Waals surface area contributed by atoms with Crippen molar-refractivity contribution >= 4 is 29.9 Å². The molecular weight excluding hydrogens is 487 g/mol. The van der Waals surface area contributed by atoms with Crippen LogP contribution in [0.5, 0.6) is 0 Å². The molecule has 0 radical (unpaired) electrons. The van der Waals surface area contributed by atoms with Gasteiger partial charge in [0.25, 0.3) is 0 Å². The summed E-state index contributed by atoms with van der Waals surface area (Å²) in [5.74, 6) is 0.882. The highest BCUT2D eigenvalue weighted by Crippen LogP contribution is 2.37. The zero-order chi connectivity index (χ0) is 20.1. The SMILES string of the molecule is CCNC(=NCC1(O)CCCCC1)NC1CC2CCC(C1)N2Cc1ccccc1.I. The normalized spacial score (nSPS) is 28.6. The Bertz CT molecular complexity index is 663. The Hall–Kier alpha value is -0.860. The number of halogens is 1. The summed E-state index contributed by atoms with van der Waals surface area (Å²) in [7, 11) is 0. The fraction of sp³-hybridized carbons (Fsp3) is 0.708. The average molecular weight is 527 g/mol. The van der Waals surface area contributed by atoms with Crippen LogP contribution in [0.3, 0.4) is 0 Å². The molecule has 2 unspecified atom stereocenters. The van der Waals surface area contributed by atoms with Crippen LogP contribution in [0.4, 0.5) is 0 Å². The number of fused-ring (bicyclic) bond motifs is 2. The van der Waals surface area contributed by atoms with Crippen molar-refractivity contribution in [3.8, 4) is 0 Å². The number of aliphatic imine (C=N–C) groups is 1. The van der Waals surface area contributed by atoms with E-state index in [1.807, 2.05) is 0 Å². The Morgan fingerprint density at radius 2 is 1.77 bits per heavy atom. The molecule has 1 aliphatic carbocycles. The van der Waals surface area contributed by atoms with Gasteiger partial charge in [-0.05, 0) is 51.0 Å². The van der Waals surface area contributed by atoms with E-state index < -0.39 is 5.60 Å². The van der Waals surface area contributed by atoms with Crippen molar-refractivity contribution < 1.29 is 5.11 Å². The average Bonchev–Trinajstić information content (AvgIpc) is 2.96. The second kappa shape index (κ2) is 11.1. The molecule has 2 bridgehead atoms. The highest BCUT2D eigenvalue weighted by molar-refractivity contribution is 14.0. The van der Waals surface area contributed by atoms with E-state index in [1.165, 1.54) is 37.7 Å². The number of piperidine rings is 1. The number of aliphatic hydroxyl groups is 1. The largest absolute Gasteiger partial charge is 0.388 e. The fourth-order valence-corrected chi connectivity index (χ4v) is 5.55. The number of benzene rings is 1. The molecule has 2 saturated heterocycles. The van der Waals surface area contributed by atoms with Crippen LogP contribution < -0.4 is 10.6 Å². The van der Waals surface area contributed by atoms with E-state index in [2.05, 4.69) is 52.8 Å². The van der Waals surface area contributed by atoms with Crippen LogP contribution in [0.1, 0.15) is 70.3 Å². The van der Waals surface area contributed by atoms with Gasteiger partial charge >= 0.3 is 0 Å². The number of hydrogen-bond donors (Lipinski definition) is 3. The minimum Gasteiger partial charge on any atom is -0.388 e. The Morgan fingerprint density at radius 1 is 1.10 bits per heavy atom. The van der Waals surface area contributed by atoms with Gasteiger partial charge in [0.05, 0.1) is 12.1 Å². The van der Waals surface area contributed by atoms with Gasteiger partial charge in [-0.2, -0.15) is 0 Å². The monoisotopic (exact) mass is 526 g/mol. The molecule has 0 spiro atoms. The summed E-state index contributed by atoms with van der Waals surface area (Å²) in [6, 6.07) is 12.7. The summed E-state index contributed by atoms with van der Waals surface area (Å²) >= 11 is 0. The Kier molecular flexibility index (Phi) is 8.83. The lowest BCUT2D eigenvalue weighted by Crippen LogP contribution is -2.52. The molecule has 3 fully saturated rings. The maximum atomic E-state index is 10.8. The van der Waals surface area contributed by atoms with Crippen LogP contribution in [0.25, 0.3) is 0 Å². The van der Waals surface area contributed by atoms with E-state index in [-0.39, 0.29) is 24.0 Å². The molecule has 3 N–H and O–H groups in total. The number of nitrogens with zero attached hydrogens (tertiary/aromatic N) is 2. The molecule has 168 valence electrons. The summed E-state index contributed by atoms with van der Waals surface area (Å²) in [5, 5.41) is 17.9. The molecule has 1 aromatic carbocycles. The lowest BCUT2D eigenvalue weighted by molar-refractivity contribution is 0.0131. The third-order valence-corrected chi connectivity index (χ3v) is 7.09. The molecule has 6 heteroatoms. The van der Waals surface area contributed by atoms with E-state index in [0.717, 1.165) is 44.7 Å². The van der Waals surface area contributed by atoms with Gasteiger partial charge in [0.2, 0.25) is 0 Å². The van der Waals surface area contributed by atoms with Gasteiger partial charge in [-0.15, -0.1) is 24.0 Å². The number of rotatable bonds is 6. The van der Waals surface area contributed by atoms with Crippen molar-refractivity contribution in [2.75, 3.05) is 13.1 Å². The second-order valence-electron chi connectivity index (χ2n) is 9.34. The first-order valence-electron chi connectivity index (χ1n) is 11.7. The smallest absolute Gasteiger partial charge is 0.191 e. The second-order valence-corrected chi connectivity index (χ2v) is 9.34. The Balaban J connectivity index is 0.00000256. The van der Waals surface area contributed by atoms with Crippen molar-refractivity contribution in [3.63, 3.8) is 0 Å². The molecule has 0 amide bonds. The van der Waals surface area contributed by atoms with E-state index in [9.17, 15) is 5.11 Å². The summed E-state index contributed by atoms with van der Waals surface area (Å²) in [5.41, 5.74) is 0.824. The van der Waals surface area contributed by atoms with E-state index in [1.54, 1.807) is 0 Å². The molecule has 2 atom stereocenters. The zero-order valence-corrected chi connectivity index (χ0v) is 20.7. The van der Waals surface area contributed by atoms with Crippen LogP contribution in [0, 0.1) is 0 Å². The molecule has 4 rings (SSSR count). The summed E-state index contributed by atoms with van der Waals surface area (Å²) in [4.78, 5) is 7.52. The van der Waals surface area contributed by atoms with Crippen molar-refractivity contribution in [2.45, 2.75) is 95.0 Å². The Labute approximate surface area is 199 Å². The van der Waals surface area contributed by atoms with Gasteiger partial charge in [0, 0.05) is 31.2 Å². The molecule has 2 heterocycles. The molecule has 30 heavy (non-hydrogen) atoms. The van der Waals surface area contributed by atoms with Gasteiger partial charge < -0.3 is 15.7 Å². The Morgan fingerprint density at radius 3 is 2.40 bits per heavy atom. The summed E-state index contributed by atoms with van der Waals surface area (Å²) in [6.45, 7) is 4.55. The van der Waals surface area contributed by atoms with Crippen molar-refractivity contribution in [3.05, 3.63) is 35.9 Å². The molecule has 1 aromatic rings. The zero-order valence-electron chi connectivity index (χ0n) is 18.4. The number of nitrogens with one attached hydrogen (secondary N) is 2. The predicted molar refractivity (Wildman–Crippen MR) is 134 cm³/mol. The highest BCUT2D eigenvalue weighted by atomic mass is 127. The number of guanidine groups is 1. The maximum absolute atomic E-state index is 10.8. The molecule has 2 aliphatic heterocycles. The third-order valence-electron chi connectivity index (χ3n) is 7.09. The lowest BCUT2D eigenvalue weighted by Gasteiger charge is -2.39.